The van der Waals surface area contributed by atoms with Gasteiger partial charge in [0.2, 0.25) is 11.8 Å². The van der Waals surface area contributed by atoms with Crippen LogP contribution in [0.2, 0.25) is 0 Å². The van der Waals surface area contributed by atoms with Gasteiger partial charge in [-0.2, -0.15) is 13.2 Å². The van der Waals surface area contributed by atoms with Crippen LogP contribution < -0.4 is 15.4 Å². The van der Waals surface area contributed by atoms with E-state index in [2.05, 4.69) is 15.6 Å². The van der Waals surface area contributed by atoms with Gasteiger partial charge >= 0.3 is 6.18 Å². The van der Waals surface area contributed by atoms with Crippen molar-refractivity contribution < 1.29 is 27.4 Å². The molecule has 1 aromatic carbocycles. The first-order valence-corrected chi connectivity index (χ1v) is 8.33. The van der Waals surface area contributed by atoms with Gasteiger partial charge < -0.3 is 20.1 Å². The van der Waals surface area contributed by atoms with Crippen LogP contribution in [0, 0.1) is 0 Å². The fourth-order valence-electron chi connectivity index (χ4n) is 2.54. The Morgan fingerprint density at radius 3 is 2.70 bits per heavy atom. The van der Waals surface area contributed by atoms with Crippen LogP contribution in [0.15, 0.2) is 42.5 Å². The van der Waals surface area contributed by atoms with Crippen molar-refractivity contribution in [2.24, 2.45) is 0 Å². The quantitative estimate of drug-likeness (QED) is 0.832. The summed E-state index contributed by atoms with van der Waals surface area (Å²) in [5.74, 6) is -0.0154. The smallest absolute Gasteiger partial charge is 0.433 e. The highest BCUT2D eigenvalue weighted by atomic mass is 19.4. The summed E-state index contributed by atoms with van der Waals surface area (Å²) in [4.78, 5) is 15.5. The largest absolute Gasteiger partial charge is 0.439 e. The number of halogens is 3. The third-order valence-corrected chi connectivity index (χ3v) is 3.80. The van der Waals surface area contributed by atoms with Gasteiger partial charge in [0, 0.05) is 30.8 Å². The molecule has 9 heteroatoms. The van der Waals surface area contributed by atoms with E-state index < -0.39 is 11.9 Å². The summed E-state index contributed by atoms with van der Waals surface area (Å²) in [6.07, 6.45) is -4.25. The molecule has 144 valence electrons. The molecule has 1 fully saturated rings. The normalized spacial score (nSPS) is 17.4. The van der Waals surface area contributed by atoms with E-state index in [1.54, 1.807) is 24.3 Å². The maximum absolute atomic E-state index is 12.7. The van der Waals surface area contributed by atoms with Gasteiger partial charge in [-0.3, -0.25) is 4.79 Å². The molecule has 0 radical (unpaired) electrons. The van der Waals surface area contributed by atoms with Crippen molar-refractivity contribution in [3.8, 4) is 11.6 Å². The minimum atomic E-state index is -4.54. The molecule has 27 heavy (non-hydrogen) atoms. The van der Waals surface area contributed by atoms with E-state index in [0.717, 1.165) is 6.07 Å². The average molecular weight is 381 g/mol. The fourth-order valence-corrected chi connectivity index (χ4v) is 2.54. The lowest BCUT2D eigenvalue weighted by Crippen LogP contribution is -2.43. The number of hydrogen-bond acceptors (Lipinski definition) is 5. The maximum Gasteiger partial charge on any atom is 0.433 e. The molecule has 1 aliphatic rings. The topological polar surface area (TPSA) is 72.5 Å². The molecular formula is C18H18F3N3O3. The SMILES string of the molecule is O=C(CC1COCCN1)Nc1ccc(Oc2cccc(C(F)(F)F)n2)cc1. The van der Waals surface area contributed by atoms with Crippen molar-refractivity contribution in [2.45, 2.75) is 18.6 Å². The van der Waals surface area contributed by atoms with E-state index >= 15 is 0 Å². The summed E-state index contributed by atoms with van der Waals surface area (Å²) in [5.41, 5.74) is -0.467. The number of ether oxygens (including phenoxy) is 2. The second-order valence-electron chi connectivity index (χ2n) is 5.96. The molecule has 2 aromatic rings. The van der Waals surface area contributed by atoms with E-state index in [9.17, 15) is 18.0 Å². The molecule has 1 saturated heterocycles. The van der Waals surface area contributed by atoms with Gasteiger partial charge in [-0.05, 0) is 30.3 Å². The van der Waals surface area contributed by atoms with Crippen molar-refractivity contribution in [3.05, 3.63) is 48.2 Å². The first kappa shape index (κ1) is 19.1. The van der Waals surface area contributed by atoms with Crippen molar-refractivity contribution >= 4 is 11.6 Å². The molecule has 1 unspecified atom stereocenters. The zero-order valence-corrected chi connectivity index (χ0v) is 14.3. The predicted octanol–water partition coefficient (Wildman–Crippen LogP) is 3.21. The Hall–Kier alpha value is -2.65. The molecular weight excluding hydrogens is 363 g/mol. The number of morpholine rings is 1. The number of anilines is 1. The van der Waals surface area contributed by atoms with Crippen LogP contribution in [0.5, 0.6) is 11.6 Å². The molecule has 2 heterocycles. The first-order chi connectivity index (χ1) is 12.9. The summed E-state index contributed by atoms with van der Waals surface area (Å²) in [6.45, 7) is 1.85. The summed E-state index contributed by atoms with van der Waals surface area (Å²) in [7, 11) is 0. The number of nitrogens with zero attached hydrogens (tertiary/aromatic N) is 1. The van der Waals surface area contributed by atoms with E-state index in [4.69, 9.17) is 9.47 Å². The zero-order chi connectivity index (χ0) is 19.3. The number of hydrogen-bond donors (Lipinski definition) is 2. The molecule has 0 spiro atoms. The molecule has 3 rings (SSSR count). The van der Waals surface area contributed by atoms with Crippen molar-refractivity contribution in [2.75, 3.05) is 25.1 Å². The summed E-state index contributed by atoms with van der Waals surface area (Å²) in [6, 6.07) is 9.70. The van der Waals surface area contributed by atoms with Crippen LogP contribution in [-0.2, 0) is 15.7 Å². The van der Waals surface area contributed by atoms with Gasteiger partial charge in [0.05, 0.1) is 13.2 Å². The van der Waals surface area contributed by atoms with Crippen LogP contribution in [0.3, 0.4) is 0 Å². The van der Waals surface area contributed by atoms with Gasteiger partial charge in [-0.25, -0.2) is 4.98 Å². The van der Waals surface area contributed by atoms with Crippen molar-refractivity contribution in [1.82, 2.24) is 10.3 Å². The first-order valence-electron chi connectivity index (χ1n) is 8.33. The lowest BCUT2D eigenvalue weighted by atomic mass is 10.2. The van der Waals surface area contributed by atoms with Crippen LogP contribution in [0.1, 0.15) is 12.1 Å². The van der Waals surface area contributed by atoms with E-state index in [-0.39, 0.29) is 24.2 Å². The molecule has 0 saturated carbocycles. The van der Waals surface area contributed by atoms with Crippen LogP contribution in [-0.4, -0.2) is 36.7 Å². The monoisotopic (exact) mass is 381 g/mol. The van der Waals surface area contributed by atoms with Gasteiger partial charge in [0.25, 0.3) is 0 Å². The number of pyridine rings is 1. The Labute approximate surface area is 153 Å². The Balaban J connectivity index is 1.56. The van der Waals surface area contributed by atoms with Gasteiger partial charge in [-0.15, -0.1) is 0 Å². The predicted molar refractivity (Wildman–Crippen MR) is 91.6 cm³/mol. The Morgan fingerprint density at radius 2 is 2.04 bits per heavy atom. The zero-order valence-electron chi connectivity index (χ0n) is 14.3. The maximum atomic E-state index is 12.7. The van der Waals surface area contributed by atoms with Gasteiger partial charge in [0.15, 0.2) is 0 Å². The number of amides is 1. The molecule has 2 N–H and O–H groups in total. The minimum Gasteiger partial charge on any atom is -0.439 e. The van der Waals surface area contributed by atoms with E-state index in [0.29, 0.717) is 31.2 Å². The number of carbonyl (C=O) groups excluding carboxylic acids is 1. The number of benzene rings is 1. The van der Waals surface area contributed by atoms with Crippen LogP contribution in [0.25, 0.3) is 0 Å². The molecule has 1 amide bonds. The van der Waals surface area contributed by atoms with Gasteiger partial charge in [-0.1, -0.05) is 6.07 Å². The number of aromatic nitrogens is 1. The number of nitrogens with one attached hydrogen (secondary N) is 2. The third kappa shape index (κ3) is 5.66. The second-order valence-corrected chi connectivity index (χ2v) is 5.96. The molecule has 1 aliphatic heterocycles. The van der Waals surface area contributed by atoms with E-state index in [1.807, 2.05) is 0 Å². The highest BCUT2D eigenvalue weighted by Gasteiger charge is 2.32. The lowest BCUT2D eigenvalue weighted by molar-refractivity contribution is -0.141. The molecule has 1 atom stereocenters. The molecule has 0 aliphatic carbocycles. The molecule has 0 bridgehead atoms. The number of rotatable bonds is 5. The summed E-state index contributed by atoms with van der Waals surface area (Å²) in [5, 5.41) is 5.95. The number of alkyl halides is 3. The van der Waals surface area contributed by atoms with Crippen molar-refractivity contribution in [1.29, 1.82) is 0 Å². The lowest BCUT2D eigenvalue weighted by Gasteiger charge is -2.23. The standard InChI is InChI=1S/C18H18F3N3O3/c19-18(20,21)15-2-1-3-17(24-15)27-14-6-4-12(5-7-14)23-16(25)10-13-11-26-9-8-22-13/h1-7,13,22H,8-11H2,(H,23,25). The number of carbonyl (C=O) groups is 1. The minimum absolute atomic E-state index is 0.0201. The highest BCUT2D eigenvalue weighted by molar-refractivity contribution is 5.91. The van der Waals surface area contributed by atoms with Crippen LogP contribution >= 0.6 is 0 Å². The second kappa shape index (κ2) is 8.36. The van der Waals surface area contributed by atoms with Crippen molar-refractivity contribution in [3.63, 3.8) is 0 Å². The Kier molecular flexibility index (Phi) is 5.92. The Morgan fingerprint density at radius 1 is 1.26 bits per heavy atom. The van der Waals surface area contributed by atoms with E-state index in [1.165, 1.54) is 12.1 Å². The summed E-state index contributed by atoms with van der Waals surface area (Å²) < 4.78 is 48.7. The van der Waals surface area contributed by atoms with Gasteiger partial charge in [0.1, 0.15) is 11.4 Å². The summed E-state index contributed by atoms with van der Waals surface area (Å²) >= 11 is 0. The Bertz CT molecular complexity index is 775. The molecule has 6 nitrogen and oxygen atoms in total. The third-order valence-electron chi connectivity index (χ3n) is 3.80. The molecule has 1 aromatic heterocycles. The van der Waals surface area contributed by atoms with Crippen LogP contribution in [0.4, 0.5) is 18.9 Å². The highest BCUT2D eigenvalue weighted by Crippen LogP contribution is 2.30. The average Bonchev–Trinajstić information content (AvgIpc) is 2.64. The fraction of sp³-hybridized carbons (Fsp3) is 0.333.